The fourth-order valence-corrected chi connectivity index (χ4v) is 3.35. The normalized spacial score (nSPS) is 15.3. The Kier molecular flexibility index (Phi) is 5.73. The van der Waals surface area contributed by atoms with Crippen molar-refractivity contribution in [3.05, 3.63) is 65.3 Å². The van der Waals surface area contributed by atoms with E-state index in [-0.39, 0.29) is 17.3 Å². The lowest BCUT2D eigenvalue weighted by Crippen LogP contribution is -2.48. The average molecular weight is 431 g/mol. The first kappa shape index (κ1) is 21.0. The number of halogens is 3. The van der Waals surface area contributed by atoms with Crippen molar-refractivity contribution < 1.29 is 22.5 Å². The molecule has 1 aliphatic rings. The van der Waals surface area contributed by atoms with Gasteiger partial charge in [-0.25, -0.2) is 0 Å². The van der Waals surface area contributed by atoms with Gasteiger partial charge in [0.2, 0.25) is 11.7 Å². The van der Waals surface area contributed by atoms with Crippen LogP contribution in [0.1, 0.15) is 27.5 Å². The molecular formula is C21H20F3N5O2. The van der Waals surface area contributed by atoms with Crippen LogP contribution in [0.25, 0.3) is 11.4 Å². The fourth-order valence-electron chi connectivity index (χ4n) is 3.35. The Balaban J connectivity index is 1.35. The van der Waals surface area contributed by atoms with E-state index in [1.807, 2.05) is 6.92 Å². The molecule has 0 saturated carbocycles. The Morgan fingerprint density at radius 1 is 1.13 bits per heavy atom. The predicted molar refractivity (Wildman–Crippen MR) is 105 cm³/mol. The molecule has 0 spiro atoms. The lowest BCUT2D eigenvalue weighted by molar-refractivity contribution is -0.137. The fraction of sp³-hybridized carbons (Fsp3) is 0.333. The quantitative estimate of drug-likeness (QED) is 0.630. The van der Waals surface area contributed by atoms with Gasteiger partial charge in [-0.15, -0.1) is 0 Å². The Hall–Kier alpha value is -3.27. The van der Waals surface area contributed by atoms with E-state index in [2.05, 4.69) is 20.0 Å². The number of rotatable bonds is 4. The highest BCUT2D eigenvalue weighted by molar-refractivity contribution is 5.94. The molecule has 1 saturated heterocycles. The molecule has 0 N–H and O–H groups in total. The molecule has 31 heavy (non-hydrogen) atoms. The number of aromatic nitrogens is 3. The van der Waals surface area contributed by atoms with Crippen molar-refractivity contribution in [3.8, 4) is 11.4 Å². The summed E-state index contributed by atoms with van der Waals surface area (Å²) in [5, 5.41) is 3.81. The third-order valence-corrected chi connectivity index (χ3v) is 5.09. The molecule has 10 heteroatoms. The molecule has 162 valence electrons. The highest BCUT2D eigenvalue weighted by Gasteiger charge is 2.31. The minimum absolute atomic E-state index is 0.0585. The van der Waals surface area contributed by atoms with Crippen LogP contribution in [0.4, 0.5) is 13.2 Å². The summed E-state index contributed by atoms with van der Waals surface area (Å²) in [5.41, 5.74) is 0.889. The van der Waals surface area contributed by atoms with Crippen LogP contribution in [-0.4, -0.2) is 57.0 Å². The van der Waals surface area contributed by atoms with Crippen LogP contribution in [0.5, 0.6) is 0 Å². The Morgan fingerprint density at radius 3 is 2.58 bits per heavy atom. The van der Waals surface area contributed by atoms with E-state index in [9.17, 15) is 18.0 Å². The van der Waals surface area contributed by atoms with Gasteiger partial charge in [0.1, 0.15) is 0 Å². The van der Waals surface area contributed by atoms with Crippen LogP contribution in [0.15, 0.2) is 47.1 Å². The summed E-state index contributed by atoms with van der Waals surface area (Å²) in [5.74, 6) is 0.369. The van der Waals surface area contributed by atoms with Crippen LogP contribution in [0, 0.1) is 6.92 Å². The summed E-state index contributed by atoms with van der Waals surface area (Å²) in [6.07, 6.45) is -2.86. The van der Waals surface area contributed by atoms with E-state index in [4.69, 9.17) is 4.52 Å². The van der Waals surface area contributed by atoms with E-state index >= 15 is 0 Å². The summed E-state index contributed by atoms with van der Waals surface area (Å²) in [7, 11) is 0. The molecule has 0 aliphatic carbocycles. The van der Waals surface area contributed by atoms with Crippen molar-refractivity contribution in [2.24, 2.45) is 0 Å². The average Bonchev–Trinajstić information content (AvgIpc) is 3.22. The lowest BCUT2D eigenvalue weighted by atomic mass is 10.1. The molecule has 4 rings (SSSR count). The molecule has 0 radical (unpaired) electrons. The maximum Gasteiger partial charge on any atom is 0.416 e. The molecule has 1 aliphatic heterocycles. The first-order chi connectivity index (χ1) is 14.8. The van der Waals surface area contributed by atoms with Crippen LogP contribution in [-0.2, 0) is 12.7 Å². The Labute approximate surface area is 176 Å². The molecule has 0 unspecified atom stereocenters. The number of benzene rings is 1. The zero-order valence-electron chi connectivity index (χ0n) is 16.8. The number of carbonyl (C=O) groups excluding carboxylic acids is 1. The number of carbonyl (C=O) groups is 1. The lowest BCUT2D eigenvalue weighted by Gasteiger charge is -2.33. The van der Waals surface area contributed by atoms with Crippen LogP contribution < -0.4 is 0 Å². The molecule has 0 bridgehead atoms. The van der Waals surface area contributed by atoms with Gasteiger partial charge in [-0.3, -0.25) is 14.7 Å². The van der Waals surface area contributed by atoms with Crippen LogP contribution in [0.2, 0.25) is 0 Å². The van der Waals surface area contributed by atoms with Gasteiger partial charge in [-0.1, -0.05) is 17.3 Å². The SMILES string of the molecule is Cc1ccc(C(=O)N2CCN(Cc3nc(-c4cccc(C(F)(F)F)c4)no3)CC2)cn1. The van der Waals surface area contributed by atoms with Crippen molar-refractivity contribution in [2.75, 3.05) is 26.2 Å². The van der Waals surface area contributed by atoms with Gasteiger partial charge in [-0.05, 0) is 31.2 Å². The summed E-state index contributed by atoms with van der Waals surface area (Å²) in [6.45, 7) is 4.55. The molecule has 7 nitrogen and oxygen atoms in total. The standard InChI is InChI=1S/C21H20F3N5O2/c1-14-5-6-16(12-25-14)20(30)29-9-7-28(8-10-29)13-18-26-19(27-31-18)15-3-2-4-17(11-15)21(22,23)24/h2-6,11-12H,7-10,13H2,1H3. The molecule has 1 fully saturated rings. The van der Waals surface area contributed by atoms with Gasteiger partial charge in [0.25, 0.3) is 5.91 Å². The maximum absolute atomic E-state index is 12.9. The van der Waals surface area contributed by atoms with Crippen molar-refractivity contribution in [1.82, 2.24) is 24.9 Å². The summed E-state index contributed by atoms with van der Waals surface area (Å²) < 4.78 is 44.0. The molecule has 1 amide bonds. The molecular weight excluding hydrogens is 411 g/mol. The smallest absolute Gasteiger partial charge is 0.338 e. The second kappa shape index (κ2) is 8.46. The largest absolute Gasteiger partial charge is 0.416 e. The molecule has 0 atom stereocenters. The van der Waals surface area contributed by atoms with Gasteiger partial charge in [-0.2, -0.15) is 18.2 Å². The summed E-state index contributed by atoms with van der Waals surface area (Å²) >= 11 is 0. The van der Waals surface area contributed by atoms with E-state index in [0.717, 1.165) is 17.8 Å². The second-order valence-electron chi connectivity index (χ2n) is 7.35. The van der Waals surface area contributed by atoms with Crippen molar-refractivity contribution >= 4 is 5.91 Å². The predicted octanol–water partition coefficient (Wildman–Crippen LogP) is 3.42. The number of pyridine rings is 1. The van der Waals surface area contributed by atoms with Gasteiger partial charge >= 0.3 is 6.18 Å². The zero-order valence-corrected chi connectivity index (χ0v) is 16.8. The second-order valence-corrected chi connectivity index (χ2v) is 7.35. The van der Waals surface area contributed by atoms with Crippen molar-refractivity contribution in [2.45, 2.75) is 19.6 Å². The first-order valence-corrected chi connectivity index (χ1v) is 9.74. The molecule has 3 heterocycles. The zero-order chi connectivity index (χ0) is 22.0. The highest BCUT2D eigenvalue weighted by Crippen LogP contribution is 2.31. The Morgan fingerprint density at radius 2 is 1.90 bits per heavy atom. The van der Waals surface area contributed by atoms with E-state index in [0.29, 0.717) is 44.2 Å². The monoisotopic (exact) mass is 431 g/mol. The third kappa shape index (κ3) is 4.91. The van der Waals surface area contributed by atoms with Gasteiger partial charge in [0, 0.05) is 43.6 Å². The van der Waals surface area contributed by atoms with E-state index in [1.54, 1.807) is 23.2 Å². The summed E-state index contributed by atoms with van der Waals surface area (Å²) in [6, 6.07) is 8.39. The van der Waals surface area contributed by atoms with Crippen molar-refractivity contribution in [3.63, 3.8) is 0 Å². The minimum Gasteiger partial charge on any atom is -0.338 e. The Bertz CT molecular complexity index is 1060. The highest BCUT2D eigenvalue weighted by atomic mass is 19.4. The number of amides is 1. The van der Waals surface area contributed by atoms with Gasteiger partial charge in [0.15, 0.2) is 0 Å². The number of aryl methyl sites for hydroxylation is 1. The maximum atomic E-state index is 12.9. The number of hydrogen-bond acceptors (Lipinski definition) is 6. The van der Waals surface area contributed by atoms with Crippen molar-refractivity contribution in [1.29, 1.82) is 0 Å². The molecule has 3 aromatic rings. The minimum atomic E-state index is -4.44. The molecule has 2 aromatic heterocycles. The topological polar surface area (TPSA) is 75.4 Å². The molecule has 1 aromatic carbocycles. The first-order valence-electron chi connectivity index (χ1n) is 9.74. The number of nitrogens with zero attached hydrogens (tertiary/aromatic N) is 5. The number of hydrogen-bond donors (Lipinski definition) is 0. The number of alkyl halides is 3. The third-order valence-electron chi connectivity index (χ3n) is 5.09. The number of piperazine rings is 1. The van der Waals surface area contributed by atoms with E-state index < -0.39 is 11.7 Å². The van der Waals surface area contributed by atoms with Gasteiger partial charge < -0.3 is 9.42 Å². The van der Waals surface area contributed by atoms with E-state index in [1.165, 1.54) is 12.1 Å². The summed E-state index contributed by atoms with van der Waals surface area (Å²) in [4.78, 5) is 24.8. The van der Waals surface area contributed by atoms with Crippen LogP contribution in [0.3, 0.4) is 0 Å². The van der Waals surface area contributed by atoms with Crippen LogP contribution >= 0.6 is 0 Å². The van der Waals surface area contributed by atoms with Gasteiger partial charge in [0.05, 0.1) is 17.7 Å².